The molecule has 3 nitrogen and oxygen atoms in total. The highest BCUT2D eigenvalue weighted by atomic mass is 16.3. The lowest BCUT2D eigenvalue weighted by molar-refractivity contribution is 0.670. The largest absolute Gasteiger partial charge is 0.453 e. The van der Waals surface area contributed by atoms with Crippen molar-refractivity contribution < 1.29 is 4.42 Å². The van der Waals surface area contributed by atoms with Crippen LogP contribution in [-0.4, -0.2) is 4.57 Å². The first-order valence-electron chi connectivity index (χ1n) is 19.4. The number of para-hydroxylation sites is 5. The molecule has 0 aliphatic carbocycles. The Hall–Kier alpha value is -7.62. The molecule has 0 spiro atoms. The van der Waals surface area contributed by atoms with E-state index in [1.54, 1.807) is 0 Å². The molecular weight excluding hydrogens is 693 g/mol. The Bertz CT molecular complexity index is 3200. The number of rotatable bonds is 7. The molecule has 0 amide bonds. The molecule has 0 saturated heterocycles. The quantitative estimate of drug-likeness (QED) is 0.163. The van der Waals surface area contributed by atoms with Crippen molar-refractivity contribution in [3.8, 4) is 39.1 Å². The molecule has 0 bridgehead atoms. The van der Waals surface area contributed by atoms with E-state index in [0.29, 0.717) is 0 Å². The lowest BCUT2D eigenvalue weighted by Gasteiger charge is -2.25. The molecule has 2 heterocycles. The minimum Gasteiger partial charge on any atom is -0.453 e. The number of nitrogens with zero attached hydrogens (tertiary/aromatic N) is 2. The molecular formula is C54H36N2O. The van der Waals surface area contributed by atoms with Gasteiger partial charge in [0.25, 0.3) is 0 Å². The Labute approximate surface area is 330 Å². The second-order valence-electron chi connectivity index (χ2n) is 14.5. The van der Waals surface area contributed by atoms with Gasteiger partial charge in [0.05, 0.1) is 16.7 Å². The Morgan fingerprint density at radius 2 is 0.860 bits per heavy atom. The van der Waals surface area contributed by atoms with Crippen LogP contribution in [0.5, 0.6) is 0 Å². The third-order valence-corrected chi connectivity index (χ3v) is 11.2. The van der Waals surface area contributed by atoms with E-state index in [0.717, 1.165) is 55.8 Å². The van der Waals surface area contributed by atoms with E-state index in [1.807, 2.05) is 0 Å². The summed E-state index contributed by atoms with van der Waals surface area (Å²) in [4.78, 5) is 2.29. The molecule has 3 heteroatoms. The van der Waals surface area contributed by atoms with Gasteiger partial charge in [-0.05, 0) is 88.5 Å². The summed E-state index contributed by atoms with van der Waals surface area (Å²) in [6.45, 7) is 0. The van der Waals surface area contributed by atoms with Crippen molar-refractivity contribution in [2.75, 3.05) is 4.90 Å². The van der Waals surface area contributed by atoms with Crippen LogP contribution >= 0.6 is 0 Å². The SMILES string of the molecule is c1ccc(-c2ccc(N(c3ccccc3)c3cccc4c3oc3c(-c5ccc(-c6ccc7c(c6)c6ccccc6n7-c6ccccc6)cc5)cccc34)cc2)cc1. The van der Waals surface area contributed by atoms with Crippen molar-refractivity contribution in [2.24, 2.45) is 0 Å². The average Bonchev–Trinajstić information content (AvgIpc) is 3.84. The van der Waals surface area contributed by atoms with Crippen LogP contribution in [0.25, 0.3) is 82.8 Å². The summed E-state index contributed by atoms with van der Waals surface area (Å²) in [5.74, 6) is 0. The molecule has 0 aliphatic heterocycles. The molecule has 0 N–H and O–H groups in total. The summed E-state index contributed by atoms with van der Waals surface area (Å²) < 4.78 is 9.34. The lowest BCUT2D eigenvalue weighted by atomic mass is 9.98. The Morgan fingerprint density at radius 1 is 0.333 bits per heavy atom. The molecule has 2 aromatic heterocycles. The highest BCUT2D eigenvalue weighted by molar-refractivity contribution is 6.14. The summed E-state index contributed by atoms with van der Waals surface area (Å²) >= 11 is 0. The Kier molecular flexibility index (Phi) is 7.82. The summed E-state index contributed by atoms with van der Waals surface area (Å²) in [6.07, 6.45) is 0. The van der Waals surface area contributed by atoms with Crippen LogP contribution < -0.4 is 4.90 Å². The number of benzene rings is 9. The fourth-order valence-electron chi connectivity index (χ4n) is 8.50. The summed E-state index contributed by atoms with van der Waals surface area (Å²) in [5.41, 5.74) is 15.4. The molecule has 268 valence electrons. The van der Waals surface area contributed by atoms with Crippen LogP contribution in [0.1, 0.15) is 0 Å². The van der Waals surface area contributed by atoms with Gasteiger partial charge in [0.1, 0.15) is 5.58 Å². The van der Waals surface area contributed by atoms with Crippen molar-refractivity contribution in [1.29, 1.82) is 0 Å². The molecule has 57 heavy (non-hydrogen) atoms. The number of hydrogen-bond donors (Lipinski definition) is 0. The Morgan fingerprint density at radius 3 is 1.63 bits per heavy atom. The molecule has 11 rings (SSSR count). The topological polar surface area (TPSA) is 21.3 Å². The zero-order valence-electron chi connectivity index (χ0n) is 31.1. The number of furan rings is 1. The summed E-state index contributed by atoms with van der Waals surface area (Å²) in [5, 5.41) is 4.68. The minimum atomic E-state index is 0.857. The maximum absolute atomic E-state index is 6.98. The number of hydrogen-bond acceptors (Lipinski definition) is 2. The standard InChI is InChI=1S/C54H36N2O/c1-4-14-37(15-5-1)38-30-33-44(34-31-38)55(42-16-6-2-7-17-42)52-25-13-23-48-47-22-12-21-45(53(47)57-54(48)52)40-28-26-39(27-29-40)41-32-35-51-49(36-41)46-20-10-11-24-50(46)56(51)43-18-8-3-9-19-43/h1-36H. The van der Waals surface area contributed by atoms with Gasteiger partial charge in [-0.25, -0.2) is 0 Å². The van der Waals surface area contributed by atoms with Gasteiger partial charge in [-0.2, -0.15) is 0 Å². The van der Waals surface area contributed by atoms with Crippen LogP contribution in [0, 0.1) is 0 Å². The molecule has 0 saturated carbocycles. The summed E-state index contributed by atoms with van der Waals surface area (Å²) in [7, 11) is 0. The van der Waals surface area contributed by atoms with Gasteiger partial charge in [0, 0.05) is 44.2 Å². The van der Waals surface area contributed by atoms with Crippen LogP contribution in [-0.2, 0) is 0 Å². The van der Waals surface area contributed by atoms with E-state index in [9.17, 15) is 0 Å². The maximum Gasteiger partial charge on any atom is 0.159 e. The molecule has 0 aliphatic rings. The molecule has 11 aromatic rings. The van der Waals surface area contributed by atoms with Gasteiger partial charge in [-0.15, -0.1) is 0 Å². The molecule has 0 atom stereocenters. The average molecular weight is 729 g/mol. The van der Waals surface area contributed by atoms with Gasteiger partial charge < -0.3 is 13.9 Å². The second-order valence-corrected chi connectivity index (χ2v) is 14.5. The first kappa shape index (κ1) is 32.8. The van der Waals surface area contributed by atoms with Crippen LogP contribution in [0.15, 0.2) is 223 Å². The predicted octanol–water partition coefficient (Wildman–Crippen LogP) is 15.2. The van der Waals surface area contributed by atoms with Crippen molar-refractivity contribution in [3.05, 3.63) is 218 Å². The van der Waals surface area contributed by atoms with E-state index >= 15 is 0 Å². The third kappa shape index (κ3) is 5.60. The smallest absolute Gasteiger partial charge is 0.159 e. The number of anilines is 3. The van der Waals surface area contributed by atoms with Gasteiger partial charge in [0.2, 0.25) is 0 Å². The lowest BCUT2D eigenvalue weighted by Crippen LogP contribution is -2.10. The molecule has 0 unspecified atom stereocenters. The highest BCUT2D eigenvalue weighted by Crippen LogP contribution is 2.44. The zero-order chi connectivity index (χ0) is 37.7. The van der Waals surface area contributed by atoms with Crippen molar-refractivity contribution >= 4 is 60.8 Å². The van der Waals surface area contributed by atoms with Gasteiger partial charge in [-0.3, -0.25) is 0 Å². The van der Waals surface area contributed by atoms with E-state index in [2.05, 4.69) is 228 Å². The van der Waals surface area contributed by atoms with E-state index in [1.165, 1.54) is 44.1 Å². The maximum atomic E-state index is 6.98. The van der Waals surface area contributed by atoms with Crippen molar-refractivity contribution in [1.82, 2.24) is 4.57 Å². The normalized spacial score (nSPS) is 11.5. The fraction of sp³-hybridized carbons (Fsp3) is 0. The predicted molar refractivity (Wildman–Crippen MR) is 239 cm³/mol. The van der Waals surface area contributed by atoms with Gasteiger partial charge in [0.15, 0.2) is 5.58 Å². The molecule has 0 radical (unpaired) electrons. The minimum absolute atomic E-state index is 0.857. The van der Waals surface area contributed by atoms with E-state index < -0.39 is 0 Å². The van der Waals surface area contributed by atoms with E-state index in [-0.39, 0.29) is 0 Å². The van der Waals surface area contributed by atoms with E-state index in [4.69, 9.17) is 4.42 Å². The Balaban J connectivity index is 0.987. The van der Waals surface area contributed by atoms with Gasteiger partial charge >= 0.3 is 0 Å². The highest BCUT2D eigenvalue weighted by Gasteiger charge is 2.21. The molecule has 0 fully saturated rings. The monoisotopic (exact) mass is 728 g/mol. The zero-order valence-corrected chi connectivity index (χ0v) is 31.1. The number of aromatic nitrogens is 1. The van der Waals surface area contributed by atoms with Crippen molar-refractivity contribution in [2.45, 2.75) is 0 Å². The molecule has 9 aromatic carbocycles. The summed E-state index contributed by atoms with van der Waals surface area (Å²) in [6, 6.07) is 77.8. The second kappa shape index (κ2) is 13.6. The first-order chi connectivity index (χ1) is 28.3. The van der Waals surface area contributed by atoms with Crippen molar-refractivity contribution in [3.63, 3.8) is 0 Å². The van der Waals surface area contributed by atoms with Crippen LogP contribution in [0.4, 0.5) is 17.1 Å². The first-order valence-corrected chi connectivity index (χ1v) is 19.4. The third-order valence-electron chi connectivity index (χ3n) is 11.2. The van der Waals surface area contributed by atoms with Crippen LogP contribution in [0.3, 0.4) is 0 Å². The van der Waals surface area contributed by atoms with Gasteiger partial charge in [-0.1, -0.05) is 158 Å². The number of fused-ring (bicyclic) bond motifs is 6. The van der Waals surface area contributed by atoms with Crippen LogP contribution in [0.2, 0.25) is 0 Å². The fourth-order valence-corrected chi connectivity index (χ4v) is 8.50.